The van der Waals surface area contributed by atoms with Crippen LogP contribution in [0.1, 0.15) is 22.3 Å². The summed E-state index contributed by atoms with van der Waals surface area (Å²) in [7, 11) is 1.55. The molecule has 0 heterocycles. The Labute approximate surface area is 124 Å². The van der Waals surface area contributed by atoms with Crippen molar-refractivity contribution in [2.24, 2.45) is 0 Å². The summed E-state index contributed by atoms with van der Waals surface area (Å²) in [5.41, 5.74) is 1.06. The molecule has 3 heteroatoms. The standard InChI is InChI=1S/C18H18O3/c1-3-4-13-21-17-12-8-6-10-15(17)18(19)14-9-5-7-11-16(14)20-2/h3,5-12H,1,4,13H2,2H3. The number of para-hydroxylation sites is 2. The second kappa shape index (κ2) is 7.29. The first-order valence-electron chi connectivity index (χ1n) is 6.78. The molecule has 0 aliphatic heterocycles. The molecule has 0 aliphatic rings. The summed E-state index contributed by atoms with van der Waals surface area (Å²) >= 11 is 0. The minimum Gasteiger partial charge on any atom is -0.496 e. The molecule has 0 atom stereocenters. The molecule has 0 radical (unpaired) electrons. The molecule has 0 amide bonds. The van der Waals surface area contributed by atoms with E-state index in [2.05, 4.69) is 6.58 Å². The molecule has 0 unspecified atom stereocenters. The zero-order chi connectivity index (χ0) is 15.1. The number of methoxy groups -OCH3 is 1. The highest BCUT2D eigenvalue weighted by molar-refractivity contribution is 6.12. The maximum absolute atomic E-state index is 12.7. The molecule has 0 spiro atoms. The molecule has 2 aromatic rings. The highest BCUT2D eigenvalue weighted by Crippen LogP contribution is 2.26. The van der Waals surface area contributed by atoms with Gasteiger partial charge in [-0.25, -0.2) is 0 Å². The monoisotopic (exact) mass is 282 g/mol. The molecule has 0 aromatic heterocycles. The molecule has 0 aliphatic carbocycles. The van der Waals surface area contributed by atoms with Crippen molar-refractivity contribution in [1.82, 2.24) is 0 Å². The number of hydrogen-bond acceptors (Lipinski definition) is 3. The molecule has 108 valence electrons. The summed E-state index contributed by atoms with van der Waals surface area (Å²) in [4.78, 5) is 12.7. The molecular weight excluding hydrogens is 264 g/mol. The quantitative estimate of drug-likeness (QED) is 0.439. The Morgan fingerprint density at radius 1 is 1.05 bits per heavy atom. The first-order valence-corrected chi connectivity index (χ1v) is 6.78. The SMILES string of the molecule is C=CCCOc1ccccc1C(=O)c1ccccc1OC. The van der Waals surface area contributed by atoms with Crippen molar-refractivity contribution in [3.05, 3.63) is 72.3 Å². The lowest BCUT2D eigenvalue weighted by atomic mass is 10.0. The Bertz CT molecular complexity index is 632. The third-order valence-corrected chi connectivity index (χ3v) is 3.06. The maximum atomic E-state index is 12.7. The summed E-state index contributed by atoms with van der Waals surface area (Å²) in [6.45, 7) is 4.16. The van der Waals surface area contributed by atoms with Gasteiger partial charge in [0.15, 0.2) is 5.78 Å². The zero-order valence-electron chi connectivity index (χ0n) is 12.0. The summed E-state index contributed by atoms with van der Waals surface area (Å²) in [5.74, 6) is 1.03. The van der Waals surface area contributed by atoms with E-state index in [9.17, 15) is 4.79 Å². The lowest BCUT2D eigenvalue weighted by Gasteiger charge is -2.12. The molecule has 21 heavy (non-hydrogen) atoms. The van der Waals surface area contributed by atoms with Crippen LogP contribution in [0.2, 0.25) is 0 Å². The number of carbonyl (C=O) groups excluding carboxylic acids is 1. The largest absolute Gasteiger partial charge is 0.496 e. The van der Waals surface area contributed by atoms with E-state index in [1.165, 1.54) is 0 Å². The molecule has 3 nitrogen and oxygen atoms in total. The van der Waals surface area contributed by atoms with E-state index in [1.807, 2.05) is 24.3 Å². The lowest BCUT2D eigenvalue weighted by Crippen LogP contribution is -2.07. The van der Waals surface area contributed by atoms with Gasteiger partial charge in [0.2, 0.25) is 0 Å². The average molecular weight is 282 g/mol. The van der Waals surface area contributed by atoms with Crippen LogP contribution in [0.25, 0.3) is 0 Å². The fourth-order valence-corrected chi connectivity index (χ4v) is 2.01. The molecule has 0 saturated heterocycles. The fraction of sp³-hybridized carbons (Fsp3) is 0.167. The first kappa shape index (κ1) is 14.9. The van der Waals surface area contributed by atoms with Crippen LogP contribution in [0.4, 0.5) is 0 Å². The number of rotatable bonds is 7. The van der Waals surface area contributed by atoms with E-state index >= 15 is 0 Å². The van der Waals surface area contributed by atoms with Gasteiger partial charge in [-0.3, -0.25) is 4.79 Å². The van der Waals surface area contributed by atoms with Gasteiger partial charge >= 0.3 is 0 Å². The number of ketones is 1. The van der Waals surface area contributed by atoms with E-state index in [0.717, 1.165) is 6.42 Å². The van der Waals surface area contributed by atoms with Crippen LogP contribution in [0.15, 0.2) is 61.2 Å². The van der Waals surface area contributed by atoms with Crippen LogP contribution in [0.3, 0.4) is 0 Å². The van der Waals surface area contributed by atoms with Crippen LogP contribution in [-0.2, 0) is 0 Å². The number of benzene rings is 2. The third-order valence-electron chi connectivity index (χ3n) is 3.06. The van der Waals surface area contributed by atoms with E-state index in [0.29, 0.717) is 29.2 Å². The fourth-order valence-electron chi connectivity index (χ4n) is 2.01. The first-order chi connectivity index (χ1) is 10.3. The summed E-state index contributed by atoms with van der Waals surface area (Å²) in [5, 5.41) is 0. The molecular formula is C18H18O3. The molecule has 2 rings (SSSR count). The minimum atomic E-state index is -0.110. The van der Waals surface area contributed by atoms with Crippen molar-refractivity contribution in [3.8, 4) is 11.5 Å². The Morgan fingerprint density at radius 3 is 2.24 bits per heavy atom. The molecule has 0 bridgehead atoms. The second-order valence-corrected chi connectivity index (χ2v) is 4.45. The van der Waals surface area contributed by atoms with Gasteiger partial charge in [0.25, 0.3) is 0 Å². The minimum absolute atomic E-state index is 0.110. The third kappa shape index (κ3) is 3.51. The van der Waals surface area contributed by atoms with Crippen molar-refractivity contribution in [2.75, 3.05) is 13.7 Å². The van der Waals surface area contributed by atoms with Gasteiger partial charge in [0, 0.05) is 0 Å². The highest BCUT2D eigenvalue weighted by atomic mass is 16.5. The smallest absolute Gasteiger partial charge is 0.200 e. The summed E-state index contributed by atoms with van der Waals surface area (Å²) < 4.78 is 10.9. The topological polar surface area (TPSA) is 35.5 Å². The van der Waals surface area contributed by atoms with Crippen LogP contribution in [0, 0.1) is 0 Å². The van der Waals surface area contributed by atoms with Gasteiger partial charge in [-0.05, 0) is 30.7 Å². The van der Waals surface area contributed by atoms with Gasteiger partial charge in [-0.15, -0.1) is 6.58 Å². The van der Waals surface area contributed by atoms with Crippen molar-refractivity contribution < 1.29 is 14.3 Å². The van der Waals surface area contributed by atoms with E-state index in [4.69, 9.17) is 9.47 Å². The summed E-state index contributed by atoms with van der Waals surface area (Å²) in [6, 6.07) is 14.4. The number of ether oxygens (including phenoxy) is 2. The second-order valence-electron chi connectivity index (χ2n) is 4.45. The van der Waals surface area contributed by atoms with Crippen LogP contribution < -0.4 is 9.47 Å². The van der Waals surface area contributed by atoms with Gasteiger partial charge in [-0.1, -0.05) is 30.3 Å². The van der Waals surface area contributed by atoms with Crippen molar-refractivity contribution in [3.63, 3.8) is 0 Å². The van der Waals surface area contributed by atoms with E-state index in [-0.39, 0.29) is 5.78 Å². The van der Waals surface area contributed by atoms with E-state index in [1.54, 1.807) is 37.5 Å². The zero-order valence-corrected chi connectivity index (χ0v) is 12.0. The number of hydrogen-bond donors (Lipinski definition) is 0. The van der Waals surface area contributed by atoms with Gasteiger partial charge in [0.1, 0.15) is 11.5 Å². The maximum Gasteiger partial charge on any atom is 0.200 e. The normalized spacial score (nSPS) is 9.95. The average Bonchev–Trinajstić information content (AvgIpc) is 2.55. The van der Waals surface area contributed by atoms with Crippen molar-refractivity contribution in [2.45, 2.75) is 6.42 Å². The van der Waals surface area contributed by atoms with Crippen molar-refractivity contribution >= 4 is 5.78 Å². The molecule has 0 fully saturated rings. The Hall–Kier alpha value is -2.55. The molecule has 2 aromatic carbocycles. The van der Waals surface area contributed by atoms with Crippen molar-refractivity contribution in [1.29, 1.82) is 0 Å². The molecule has 0 saturated carbocycles. The Morgan fingerprint density at radius 2 is 1.62 bits per heavy atom. The van der Waals surface area contributed by atoms with Gasteiger partial charge in [-0.2, -0.15) is 0 Å². The number of carbonyl (C=O) groups is 1. The van der Waals surface area contributed by atoms with Gasteiger partial charge in [0.05, 0.1) is 24.8 Å². The van der Waals surface area contributed by atoms with E-state index < -0.39 is 0 Å². The van der Waals surface area contributed by atoms with Crippen LogP contribution >= 0.6 is 0 Å². The lowest BCUT2D eigenvalue weighted by molar-refractivity contribution is 0.103. The van der Waals surface area contributed by atoms with Crippen LogP contribution in [-0.4, -0.2) is 19.5 Å². The Balaban J connectivity index is 2.32. The van der Waals surface area contributed by atoms with Crippen LogP contribution in [0.5, 0.6) is 11.5 Å². The summed E-state index contributed by atoms with van der Waals surface area (Å²) in [6.07, 6.45) is 2.52. The molecule has 0 N–H and O–H groups in total. The van der Waals surface area contributed by atoms with Gasteiger partial charge < -0.3 is 9.47 Å². The Kier molecular flexibility index (Phi) is 5.16. The predicted octanol–water partition coefficient (Wildman–Crippen LogP) is 3.88. The predicted molar refractivity (Wildman–Crippen MR) is 83.2 cm³/mol. The highest BCUT2D eigenvalue weighted by Gasteiger charge is 2.17.